The van der Waals surface area contributed by atoms with Crippen LogP contribution in [0.5, 0.6) is 0 Å². The van der Waals surface area contributed by atoms with E-state index in [1.807, 2.05) is 30.3 Å². The van der Waals surface area contributed by atoms with E-state index in [1.54, 1.807) is 6.20 Å². The fourth-order valence-electron chi connectivity index (χ4n) is 5.54. The van der Waals surface area contributed by atoms with Crippen molar-refractivity contribution in [2.75, 3.05) is 10.6 Å². The van der Waals surface area contributed by atoms with E-state index in [9.17, 15) is 9.59 Å². The summed E-state index contributed by atoms with van der Waals surface area (Å²) in [5.74, 6) is 2.04. The summed E-state index contributed by atoms with van der Waals surface area (Å²) in [6, 6.07) is 9.59. The zero-order valence-corrected chi connectivity index (χ0v) is 20.5. The molecule has 0 radical (unpaired) electrons. The highest BCUT2D eigenvalue weighted by Crippen LogP contribution is 2.31. The number of rotatable bonds is 5. The first kappa shape index (κ1) is 23.5. The van der Waals surface area contributed by atoms with Gasteiger partial charge in [0, 0.05) is 29.2 Å². The van der Waals surface area contributed by atoms with Crippen molar-refractivity contribution in [1.29, 1.82) is 0 Å². The summed E-state index contributed by atoms with van der Waals surface area (Å²) in [6.45, 7) is 2.16. The Labute approximate surface area is 206 Å². The van der Waals surface area contributed by atoms with Crippen LogP contribution < -0.4 is 10.6 Å². The predicted molar refractivity (Wildman–Crippen MR) is 139 cm³/mol. The van der Waals surface area contributed by atoms with Crippen molar-refractivity contribution < 1.29 is 9.59 Å². The minimum atomic E-state index is 0.0533. The van der Waals surface area contributed by atoms with Gasteiger partial charge in [0.25, 0.3) is 0 Å². The predicted octanol–water partition coefficient (Wildman–Crippen LogP) is 6.30. The first-order valence-corrected chi connectivity index (χ1v) is 13.1. The van der Waals surface area contributed by atoms with Crippen LogP contribution in [-0.2, 0) is 9.59 Å². The van der Waals surface area contributed by atoms with Crippen LogP contribution in [-0.4, -0.2) is 26.8 Å². The molecule has 7 heteroatoms. The van der Waals surface area contributed by atoms with E-state index < -0.39 is 0 Å². The van der Waals surface area contributed by atoms with E-state index in [0.717, 1.165) is 73.1 Å². The lowest BCUT2D eigenvalue weighted by Crippen LogP contribution is -2.30. The standard InChI is InChI=1S/C28H35N5O2/c1-18-8-6-7-11-22(18)28(35)33-25-16-23-24(17-29-25)32-26(31-23)19-12-14-21(15-13-19)30-27(34)20-9-4-2-3-5-10-20/h12-18,20,22H,2-11H2,1H3,(H,30,34)(H,31,32)(H,29,33,35). The maximum absolute atomic E-state index is 12.8. The first-order chi connectivity index (χ1) is 17.1. The molecule has 2 fully saturated rings. The second kappa shape index (κ2) is 10.6. The number of imidazole rings is 1. The first-order valence-electron chi connectivity index (χ1n) is 13.1. The molecule has 0 bridgehead atoms. The summed E-state index contributed by atoms with van der Waals surface area (Å²) in [5.41, 5.74) is 3.31. The number of fused-ring (bicyclic) bond motifs is 1. The zero-order valence-electron chi connectivity index (χ0n) is 20.5. The van der Waals surface area contributed by atoms with Crippen LogP contribution in [0.25, 0.3) is 22.4 Å². The number of carbonyl (C=O) groups is 2. The number of H-pyrrole nitrogens is 1. The SMILES string of the molecule is CC1CCCCC1C(=O)Nc1cc2nc(-c3ccc(NC(=O)C4CCCCCC4)cc3)[nH]c2cn1. The van der Waals surface area contributed by atoms with Crippen molar-refractivity contribution in [2.24, 2.45) is 17.8 Å². The number of aromatic amines is 1. The molecule has 2 amide bonds. The van der Waals surface area contributed by atoms with Crippen molar-refractivity contribution in [3.05, 3.63) is 36.5 Å². The minimum absolute atomic E-state index is 0.0533. The second-order valence-corrected chi connectivity index (χ2v) is 10.3. The summed E-state index contributed by atoms with van der Waals surface area (Å²) < 4.78 is 0. The van der Waals surface area contributed by atoms with Crippen molar-refractivity contribution in [3.63, 3.8) is 0 Å². The fourth-order valence-corrected chi connectivity index (χ4v) is 5.54. The maximum Gasteiger partial charge on any atom is 0.228 e. The van der Waals surface area contributed by atoms with E-state index in [1.165, 1.54) is 19.3 Å². The topological polar surface area (TPSA) is 99.8 Å². The van der Waals surface area contributed by atoms with Crippen molar-refractivity contribution in [2.45, 2.75) is 71.1 Å². The van der Waals surface area contributed by atoms with Crippen molar-refractivity contribution in [1.82, 2.24) is 15.0 Å². The van der Waals surface area contributed by atoms with Crippen molar-refractivity contribution in [3.8, 4) is 11.4 Å². The third-order valence-electron chi connectivity index (χ3n) is 7.72. The highest BCUT2D eigenvalue weighted by molar-refractivity contribution is 5.94. The summed E-state index contributed by atoms with van der Waals surface area (Å²) in [5, 5.41) is 6.08. The number of aromatic nitrogens is 3. The van der Waals surface area contributed by atoms with Crippen LogP contribution in [0.4, 0.5) is 11.5 Å². The van der Waals surface area contributed by atoms with Crippen LogP contribution in [0.2, 0.25) is 0 Å². The fraction of sp³-hybridized carbons (Fsp3) is 0.500. The lowest BCUT2D eigenvalue weighted by molar-refractivity contribution is -0.122. The second-order valence-electron chi connectivity index (χ2n) is 10.3. The van der Waals surface area contributed by atoms with Gasteiger partial charge in [0.05, 0.1) is 17.2 Å². The third kappa shape index (κ3) is 5.55. The number of amides is 2. The summed E-state index contributed by atoms with van der Waals surface area (Å²) in [4.78, 5) is 37.9. The summed E-state index contributed by atoms with van der Waals surface area (Å²) in [7, 11) is 0. The molecular formula is C28H35N5O2. The van der Waals surface area contributed by atoms with E-state index in [2.05, 4.69) is 27.5 Å². The summed E-state index contributed by atoms with van der Waals surface area (Å²) in [6.07, 6.45) is 12.8. The molecule has 0 aliphatic heterocycles. The monoisotopic (exact) mass is 473 g/mol. The van der Waals surface area contributed by atoms with E-state index >= 15 is 0 Å². The Morgan fingerprint density at radius 2 is 1.60 bits per heavy atom. The molecule has 3 N–H and O–H groups in total. The normalized spacial score (nSPS) is 21.4. The maximum atomic E-state index is 12.8. The Morgan fingerprint density at radius 1 is 0.886 bits per heavy atom. The van der Waals surface area contributed by atoms with Gasteiger partial charge in [0.15, 0.2) is 0 Å². The molecule has 0 saturated heterocycles. The Hall–Kier alpha value is -3.22. The molecule has 2 saturated carbocycles. The van der Waals surface area contributed by atoms with Crippen LogP contribution in [0, 0.1) is 17.8 Å². The van der Waals surface area contributed by atoms with Crippen LogP contribution >= 0.6 is 0 Å². The van der Waals surface area contributed by atoms with Gasteiger partial charge in [-0.05, 0) is 55.9 Å². The molecule has 2 aliphatic carbocycles. The van der Waals surface area contributed by atoms with Gasteiger partial charge in [0.2, 0.25) is 11.8 Å². The smallest absolute Gasteiger partial charge is 0.228 e. The Morgan fingerprint density at radius 3 is 2.34 bits per heavy atom. The Bertz CT molecular complexity index is 1180. The molecule has 2 aliphatic rings. The number of carbonyl (C=O) groups excluding carboxylic acids is 2. The Balaban J connectivity index is 1.25. The van der Waals surface area contributed by atoms with E-state index in [-0.39, 0.29) is 23.7 Å². The van der Waals surface area contributed by atoms with Gasteiger partial charge in [0.1, 0.15) is 11.6 Å². The van der Waals surface area contributed by atoms with E-state index in [0.29, 0.717) is 11.7 Å². The quantitative estimate of drug-likeness (QED) is 0.379. The molecule has 2 aromatic heterocycles. The third-order valence-corrected chi connectivity index (χ3v) is 7.72. The van der Waals surface area contributed by atoms with Gasteiger partial charge in [-0.2, -0.15) is 0 Å². The van der Waals surface area contributed by atoms with Gasteiger partial charge in [-0.1, -0.05) is 45.4 Å². The number of benzene rings is 1. The number of nitrogens with one attached hydrogen (secondary N) is 3. The molecule has 0 spiro atoms. The lowest BCUT2D eigenvalue weighted by Gasteiger charge is -2.27. The number of pyridine rings is 1. The molecule has 3 aromatic rings. The van der Waals surface area contributed by atoms with Crippen LogP contribution in [0.3, 0.4) is 0 Å². The van der Waals surface area contributed by atoms with E-state index in [4.69, 9.17) is 4.98 Å². The van der Waals surface area contributed by atoms with Gasteiger partial charge >= 0.3 is 0 Å². The average Bonchev–Trinajstić information content (AvgIpc) is 3.09. The molecule has 1 aromatic carbocycles. The number of anilines is 2. The largest absolute Gasteiger partial charge is 0.337 e. The molecule has 184 valence electrons. The van der Waals surface area contributed by atoms with Crippen LogP contribution in [0.1, 0.15) is 71.1 Å². The number of hydrogen-bond donors (Lipinski definition) is 3. The Kier molecular flexibility index (Phi) is 7.11. The number of nitrogens with zero attached hydrogens (tertiary/aromatic N) is 2. The van der Waals surface area contributed by atoms with Crippen LogP contribution in [0.15, 0.2) is 36.5 Å². The molecule has 5 rings (SSSR count). The number of hydrogen-bond acceptors (Lipinski definition) is 4. The van der Waals surface area contributed by atoms with Gasteiger partial charge in [-0.3, -0.25) is 9.59 Å². The highest BCUT2D eigenvalue weighted by Gasteiger charge is 2.28. The molecule has 2 atom stereocenters. The average molecular weight is 474 g/mol. The molecular weight excluding hydrogens is 438 g/mol. The molecule has 2 unspecified atom stereocenters. The molecule has 2 heterocycles. The highest BCUT2D eigenvalue weighted by atomic mass is 16.2. The minimum Gasteiger partial charge on any atom is -0.337 e. The summed E-state index contributed by atoms with van der Waals surface area (Å²) >= 11 is 0. The molecule has 7 nitrogen and oxygen atoms in total. The van der Waals surface area contributed by atoms with Gasteiger partial charge < -0.3 is 15.6 Å². The lowest BCUT2D eigenvalue weighted by atomic mass is 9.80. The molecule has 35 heavy (non-hydrogen) atoms. The van der Waals surface area contributed by atoms with Gasteiger partial charge in [-0.25, -0.2) is 9.97 Å². The zero-order chi connectivity index (χ0) is 24.2. The van der Waals surface area contributed by atoms with Crippen molar-refractivity contribution >= 4 is 34.4 Å². The van der Waals surface area contributed by atoms with Gasteiger partial charge in [-0.15, -0.1) is 0 Å².